The maximum absolute atomic E-state index is 11.4. The Kier molecular flexibility index (Phi) is 14.9. The van der Waals surface area contributed by atoms with Gasteiger partial charge >= 0.3 is 0 Å². The molecule has 0 heterocycles. The zero-order valence-electron chi connectivity index (χ0n) is 15.3. The van der Waals surface area contributed by atoms with Gasteiger partial charge in [0.25, 0.3) is 10.1 Å². The molecule has 0 aromatic rings. The maximum Gasteiger partial charge on any atom is 0.263 e. The molecule has 0 N–H and O–H groups in total. The van der Waals surface area contributed by atoms with Gasteiger partial charge in [-0.1, -0.05) is 70.0 Å². The van der Waals surface area contributed by atoms with Crippen molar-refractivity contribution in [3.05, 3.63) is 12.3 Å². The minimum absolute atomic E-state index is 0.225. The monoisotopic (exact) mass is 361 g/mol. The normalized spacial score (nSPS) is 13.2. The van der Waals surface area contributed by atoms with Gasteiger partial charge in [0.15, 0.2) is 0 Å². The van der Waals surface area contributed by atoms with Crippen molar-refractivity contribution in [1.82, 2.24) is 0 Å². The van der Waals surface area contributed by atoms with Crippen LogP contribution < -0.4 is 0 Å². The lowest BCUT2D eigenvalue weighted by Gasteiger charge is -2.10. The number of nitrogens with zero attached hydrogens (tertiary/aromatic N) is 1. The fourth-order valence-electron chi connectivity index (χ4n) is 2.27. The molecule has 1 unspecified atom stereocenters. The SMILES string of the molecule is C=NOS(=C)(=O)OCCCOC(=C)CCCCCCCCCCC. The van der Waals surface area contributed by atoms with Crippen molar-refractivity contribution in [2.75, 3.05) is 13.2 Å². The van der Waals surface area contributed by atoms with E-state index < -0.39 is 10.1 Å². The van der Waals surface area contributed by atoms with Crippen LogP contribution in [0.15, 0.2) is 17.5 Å². The lowest BCUT2D eigenvalue weighted by atomic mass is 10.1. The number of hydrogen-bond donors (Lipinski definition) is 0. The van der Waals surface area contributed by atoms with Gasteiger partial charge in [-0.25, -0.2) is 0 Å². The molecule has 0 bridgehead atoms. The summed E-state index contributed by atoms with van der Waals surface area (Å²) in [4.78, 5) is 0. The molecule has 24 heavy (non-hydrogen) atoms. The summed E-state index contributed by atoms with van der Waals surface area (Å²) in [5, 5.41) is 3.05. The molecule has 0 saturated heterocycles. The van der Waals surface area contributed by atoms with Crippen LogP contribution in [0.4, 0.5) is 0 Å². The predicted molar refractivity (Wildman–Crippen MR) is 103 cm³/mol. The molecule has 0 aromatic carbocycles. The van der Waals surface area contributed by atoms with Crippen molar-refractivity contribution in [2.24, 2.45) is 5.16 Å². The average molecular weight is 362 g/mol. The second-order valence-electron chi connectivity index (χ2n) is 5.90. The summed E-state index contributed by atoms with van der Waals surface area (Å²) < 4.78 is 26.3. The third-order valence-corrected chi connectivity index (χ3v) is 4.44. The molecule has 0 saturated carbocycles. The van der Waals surface area contributed by atoms with Gasteiger partial charge in [0.1, 0.15) is 0 Å². The molecule has 0 radical (unpaired) electrons. The molecule has 0 aliphatic heterocycles. The van der Waals surface area contributed by atoms with Crippen LogP contribution in [-0.4, -0.2) is 30.0 Å². The summed E-state index contributed by atoms with van der Waals surface area (Å²) in [7, 11) is -3.07. The van der Waals surface area contributed by atoms with E-state index in [4.69, 9.17) is 8.92 Å². The quantitative estimate of drug-likeness (QED) is 0.113. The van der Waals surface area contributed by atoms with Crippen LogP contribution in [0.2, 0.25) is 0 Å². The molecule has 6 heteroatoms. The van der Waals surface area contributed by atoms with Crippen LogP contribution in [0.1, 0.15) is 77.6 Å². The highest BCUT2D eigenvalue weighted by atomic mass is 32.2. The van der Waals surface area contributed by atoms with Crippen LogP contribution in [0.25, 0.3) is 0 Å². The Morgan fingerprint density at radius 3 is 2.12 bits per heavy atom. The fourth-order valence-corrected chi connectivity index (χ4v) is 2.84. The summed E-state index contributed by atoms with van der Waals surface area (Å²) in [6.07, 6.45) is 13.2. The molecule has 0 rings (SSSR count). The number of allylic oxidation sites excluding steroid dienone is 1. The summed E-state index contributed by atoms with van der Waals surface area (Å²) >= 11 is 0. The minimum atomic E-state index is -3.07. The number of hydrogen-bond acceptors (Lipinski definition) is 5. The molecular weight excluding hydrogens is 326 g/mol. The third kappa shape index (κ3) is 15.9. The topological polar surface area (TPSA) is 57.1 Å². The van der Waals surface area contributed by atoms with Gasteiger partial charge in [0.2, 0.25) is 0 Å². The van der Waals surface area contributed by atoms with Crippen molar-refractivity contribution < 1.29 is 17.4 Å². The van der Waals surface area contributed by atoms with Gasteiger partial charge in [-0.3, -0.25) is 8.47 Å². The first-order chi connectivity index (χ1) is 11.5. The van der Waals surface area contributed by atoms with Crippen molar-refractivity contribution in [1.29, 1.82) is 0 Å². The van der Waals surface area contributed by atoms with Crippen LogP contribution >= 0.6 is 0 Å². The van der Waals surface area contributed by atoms with Gasteiger partial charge in [0.05, 0.1) is 19.0 Å². The highest BCUT2D eigenvalue weighted by Crippen LogP contribution is 2.13. The molecule has 0 spiro atoms. The van der Waals surface area contributed by atoms with Gasteiger partial charge in [-0.05, 0) is 6.42 Å². The second-order valence-corrected chi connectivity index (χ2v) is 7.40. The number of oxime groups is 1. The van der Waals surface area contributed by atoms with E-state index >= 15 is 0 Å². The predicted octanol–water partition coefficient (Wildman–Crippen LogP) is 5.02. The molecule has 1 atom stereocenters. The fraction of sp³-hybridized carbons (Fsp3) is 0.778. The summed E-state index contributed by atoms with van der Waals surface area (Å²) in [5.74, 6) is 4.07. The maximum atomic E-state index is 11.4. The smallest absolute Gasteiger partial charge is 0.263 e. The van der Waals surface area contributed by atoms with Gasteiger partial charge in [-0.15, -0.1) is 0 Å². The Balaban J connectivity index is 3.37. The zero-order chi connectivity index (χ0) is 18.1. The van der Waals surface area contributed by atoms with Crippen molar-refractivity contribution in [3.63, 3.8) is 0 Å². The molecular formula is C18H35NO4S. The summed E-state index contributed by atoms with van der Waals surface area (Å²) in [6.45, 7) is 9.94. The highest BCUT2D eigenvalue weighted by molar-refractivity contribution is 7.91. The molecule has 0 amide bonds. The van der Waals surface area contributed by atoms with Crippen LogP contribution in [-0.2, 0) is 23.3 Å². The second kappa shape index (κ2) is 15.5. The van der Waals surface area contributed by atoms with E-state index in [1.165, 1.54) is 51.4 Å². The Hall–Kier alpha value is -1.01. The number of ether oxygens (including phenoxy) is 1. The molecule has 0 aliphatic carbocycles. The van der Waals surface area contributed by atoms with E-state index in [9.17, 15) is 4.21 Å². The third-order valence-electron chi connectivity index (χ3n) is 3.58. The molecule has 0 aliphatic rings. The van der Waals surface area contributed by atoms with E-state index in [1.807, 2.05) is 0 Å². The number of unbranched alkanes of at least 4 members (excludes halogenated alkanes) is 8. The Bertz CT molecular complexity index is 421. The van der Waals surface area contributed by atoms with Crippen molar-refractivity contribution in [3.8, 4) is 0 Å². The van der Waals surface area contributed by atoms with Crippen molar-refractivity contribution >= 4 is 22.7 Å². The van der Waals surface area contributed by atoms with Crippen LogP contribution in [0.5, 0.6) is 0 Å². The highest BCUT2D eigenvalue weighted by Gasteiger charge is 2.03. The van der Waals surface area contributed by atoms with E-state index in [2.05, 4.69) is 35.5 Å². The Morgan fingerprint density at radius 1 is 0.958 bits per heavy atom. The van der Waals surface area contributed by atoms with Gasteiger partial charge in [0, 0.05) is 25.4 Å². The first-order valence-corrected chi connectivity index (χ1v) is 10.6. The van der Waals surface area contributed by atoms with E-state index in [-0.39, 0.29) is 6.61 Å². The Morgan fingerprint density at radius 2 is 1.54 bits per heavy atom. The van der Waals surface area contributed by atoms with Gasteiger partial charge in [-0.2, -0.15) is 4.21 Å². The number of rotatable bonds is 18. The van der Waals surface area contributed by atoms with Crippen LogP contribution in [0, 0.1) is 0 Å². The zero-order valence-corrected chi connectivity index (χ0v) is 16.1. The minimum Gasteiger partial charge on any atom is -0.498 e. The van der Waals surface area contributed by atoms with E-state index in [0.29, 0.717) is 13.0 Å². The largest absolute Gasteiger partial charge is 0.498 e. The lowest BCUT2D eigenvalue weighted by Crippen LogP contribution is -2.09. The average Bonchev–Trinajstić information content (AvgIpc) is 2.52. The lowest BCUT2D eigenvalue weighted by molar-refractivity contribution is 0.172. The molecule has 5 nitrogen and oxygen atoms in total. The first kappa shape index (κ1) is 23.0. The van der Waals surface area contributed by atoms with Gasteiger partial charge < -0.3 is 4.74 Å². The van der Waals surface area contributed by atoms with Crippen molar-refractivity contribution in [2.45, 2.75) is 77.6 Å². The van der Waals surface area contributed by atoms with E-state index in [0.717, 1.165) is 18.6 Å². The molecule has 0 aromatic heterocycles. The molecule has 0 fully saturated rings. The Labute approximate surface area is 148 Å². The summed E-state index contributed by atoms with van der Waals surface area (Å²) in [6, 6.07) is 0. The standard InChI is InChI=1S/C18H35NO4S/c1-5-6-7-8-9-10-11-12-13-15-18(2)21-16-14-17-22-24(4,20)23-19-3/h2-17H2,1H3. The van der Waals surface area contributed by atoms with Crippen LogP contribution in [0.3, 0.4) is 0 Å². The first-order valence-electron chi connectivity index (χ1n) is 8.98. The van der Waals surface area contributed by atoms with E-state index in [1.54, 1.807) is 0 Å². The summed E-state index contributed by atoms with van der Waals surface area (Å²) in [5.41, 5.74) is 0. The molecule has 142 valence electrons.